The first-order chi connectivity index (χ1) is 12.2. The van der Waals surface area contributed by atoms with Crippen LogP contribution in [0.1, 0.15) is 11.4 Å². The third kappa shape index (κ3) is 5.11. The SMILES string of the molecule is CN=C(NCCn1c(C)nc2ccccc21)NCc1ccc(Cl)cc1.I. The summed E-state index contributed by atoms with van der Waals surface area (Å²) in [7, 11) is 1.77. The molecule has 0 aliphatic rings. The molecule has 0 atom stereocenters. The lowest BCUT2D eigenvalue weighted by Gasteiger charge is -2.13. The van der Waals surface area contributed by atoms with Crippen LogP contribution in [0.15, 0.2) is 53.5 Å². The number of rotatable bonds is 5. The molecule has 2 N–H and O–H groups in total. The van der Waals surface area contributed by atoms with E-state index in [1.807, 2.05) is 49.4 Å². The average molecular weight is 484 g/mol. The Morgan fingerprint density at radius 2 is 1.85 bits per heavy atom. The Balaban J connectivity index is 0.00000243. The molecule has 3 rings (SSSR count). The van der Waals surface area contributed by atoms with Crippen LogP contribution in [-0.2, 0) is 13.1 Å². The summed E-state index contributed by atoms with van der Waals surface area (Å²) in [5.74, 6) is 1.80. The predicted octanol–water partition coefficient (Wildman–Crippen LogP) is 3.98. The molecule has 5 nitrogen and oxygen atoms in total. The number of aromatic nitrogens is 2. The topological polar surface area (TPSA) is 54.2 Å². The van der Waals surface area contributed by atoms with E-state index in [4.69, 9.17) is 11.6 Å². The smallest absolute Gasteiger partial charge is 0.191 e. The molecule has 0 aliphatic heterocycles. The number of aliphatic imine (C=N–C) groups is 1. The standard InChI is InChI=1S/C19H22ClN5.HI/c1-14-24-17-5-3-4-6-18(17)25(14)12-11-22-19(21-2)23-13-15-7-9-16(20)10-8-15;/h3-10H,11-13H2,1-2H3,(H2,21,22,23);1H. The van der Waals surface area contributed by atoms with Gasteiger partial charge in [-0.1, -0.05) is 35.9 Å². The first kappa shape index (κ1) is 20.5. The van der Waals surface area contributed by atoms with Crippen LogP contribution in [-0.4, -0.2) is 29.1 Å². The number of guanidine groups is 1. The van der Waals surface area contributed by atoms with Crippen LogP contribution in [0.2, 0.25) is 5.02 Å². The summed E-state index contributed by atoms with van der Waals surface area (Å²) in [4.78, 5) is 8.86. The van der Waals surface area contributed by atoms with Crippen molar-refractivity contribution in [1.29, 1.82) is 0 Å². The van der Waals surface area contributed by atoms with Crippen LogP contribution in [0, 0.1) is 6.92 Å². The number of benzene rings is 2. The predicted molar refractivity (Wildman–Crippen MR) is 120 cm³/mol. The van der Waals surface area contributed by atoms with Crippen LogP contribution in [0.25, 0.3) is 11.0 Å². The Kier molecular flexibility index (Phi) is 7.71. The second kappa shape index (κ2) is 9.78. The van der Waals surface area contributed by atoms with E-state index in [2.05, 4.69) is 31.2 Å². The highest BCUT2D eigenvalue weighted by Gasteiger charge is 2.06. The Morgan fingerprint density at radius 1 is 1.12 bits per heavy atom. The Labute approximate surface area is 175 Å². The van der Waals surface area contributed by atoms with Gasteiger partial charge in [-0.15, -0.1) is 24.0 Å². The summed E-state index contributed by atoms with van der Waals surface area (Å²) in [6.07, 6.45) is 0. The van der Waals surface area contributed by atoms with Crippen LogP contribution in [0.5, 0.6) is 0 Å². The molecule has 26 heavy (non-hydrogen) atoms. The highest BCUT2D eigenvalue weighted by atomic mass is 127. The molecule has 3 aromatic rings. The third-order valence-electron chi connectivity index (χ3n) is 4.07. The van der Waals surface area contributed by atoms with E-state index in [0.717, 1.165) is 46.5 Å². The summed E-state index contributed by atoms with van der Waals surface area (Å²) in [5, 5.41) is 7.40. The minimum atomic E-state index is 0. The Morgan fingerprint density at radius 3 is 2.58 bits per heavy atom. The van der Waals surface area contributed by atoms with Gasteiger partial charge < -0.3 is 15.2 Å². The number of imidazole rings is 1. The van der Waals surface area contributed by atoms with E-state index >= 15 is 0 Å². The van der Waals surface area contributed by atoms with Gasteiger partial charge in [0.15, 0.2) is 5.96 Å². The Bertz CT molecular complexity index is 873. The minimum Gasteiger partial charge on any atom is -0.355 e. The van der Waals surface area contributed by atoms with E-state index in [9.17, 15) is 0 Å². The molecule has 0 radical (unpaired) electrons. The van der Waals surface area contributed by atoms with Gasteiger partial charge in [0.1, 0.15) is 5.82 Å². The number of nitrogens with zero attached hydrogens (tertiary/aromatic N) is 3. The lowest BCUT2D eigenvalue weighted by molar-refractivity contribution is 0.660. The van der Waals surface area contributed by atoms with E-state index in [1.165, 1.54) is 0 Å². The van der Waals surface area contributed by atoms with Gasteiger partial charge in [-0.05, 0) is 36.8 Å². The van der Waals surface area contributed by atoms with E-state index in [1.54, 1.807) is 7.05 Å². The largest absolute Gasteiger partial charge is 0.355 e. The van der Waals surface area contributed by atoms with Gasteiger partial charge in [0.25, 0.3) is 0 Å². The lowest BCUT2D eigenvalue weighted by Crippen LogP contribution is -2.38. The summed E-state index contributed by atoms with van der Waals surface area (Å²) in [6.45, 7) is 4.33. The number of hydrogen-bond donors (Lipinski definition) is 2. The molecular weight excluding hydrogens is 461 g/mol. The van der Waals surface area contributed by atoms with Crippen molar-refractivity contribution in [3.05, 3.63) is 64.9 Å². The number of fused-ring (bicyclic) bond motifs is 1. The fourth-order valence-corrected chi connectivity index (χ4v) is 2.90. The fraction of sp³-hybridized carbons (Fsp3) is 0.263. The molecule has 7 heteroatoms. The number of halogens is 2. The molecule has 1 aromatic heterocycles. The fourth-order valence-electron chi connectivity index (χ4n) is 2.77. The number of aryl methyl sites for hydroxylation is 1. The second-order valence-electron chi connectivity index (χ2n) is 5.78. The average Bonchev–Trinajstić information content (AvgIpc) is 2.95. The van der Waals surface area contributed by atoms with Gasteiger partial charge >= 0.3 is 0 Å². The highest BCUT2D eigenvalue weighted by molar-refractivity contribution is 14.0. The highest BCUT2D eigenvalue weighted by Crippen LogP contribution is 2.14. The number of hydrogen-bond acceptors (Lipinski definition) is 2. The van der Waals surface area contributed by atoms with Crippen molar-refractivity contribution >= 4 is 52.6 Å². The van der Waals surface area contributed by atoms with Gasteiger partial charge in [-0.25, -0.2) is 4.98 Å². The van der Waals surface area contributed by atoms with Gasteiger partial charge in [-0.3, -0.25) is 4.99 Å². The summed E-state index contributed by atoms with van der Waals surface area (Å²) < 4.78 is 2.22. The lowest BCUT2D eigenvalue weighted by atomic mass is 10.2. The van der Waals surface area contributed by atoms with Crippen molar-refractivity contribution in [1.82, 2.24) is 20.2 Å². The maximum Gasteiger partial charge on any atom is 0.191 e. The van der Waals surface area contributed by atoms with Crippen LogP contribution < -0.4 is 10.6 Å². The monoisotopic (exact) mass is 483 g/mol. The molecule has 138 valence electrons. The minimum absolute atomic E-state index is 0. The molecule has 2 aromatic carbocycles. The zero-order valence-electron chi connectivity index (χ0n) is 14.9. The molecule has 0 unspecified atom stereocenters. The first-order valence-electron chi connectivity index (χ1n) is 8.28. The summed E-state index contributed by atoms with van der Waals surface area (Å²) >= 11 is 5.91. The number of para-hydroxylation sites is 2. The molecule has 0 spiro atoms. The summed E-state index contributed by atoms with van der Waals surface area (Å²) in [6, 6.07) is 16.0. The van der Waals surface area contributed by atoms with Gasteiger partial charge in [-0.2, -0.15) is 0 Å². The molecule has 1 heterocycles. The van der Waals surface area contributed by atoms with Gasteiger partial charge in [0.05, 0.1) is 11.0 Å². The van der Waals surface area contributed by atoms with Crippen molar-refractivity contribution in [2.75, 3.05) is 13.6 Å². The molecule has 0 bridgehead atoms. The second-order valence-corrected chi connectivity index (χ2v) is 6.21. The number of nitrogens with one attached hydrogen (secondary N) is 2. The van der Waals surface area contributed by atoms with E-state index in [0.29, 0.717) is 6.54 Å². The molecule has 0 fully saturated rings. The maximum absolute atomic E-state index is 5.91. The Hall–Kier alpha value is -1.80. The van der Waals surface area contributed by atoms with Crippen molar-refractivity contribution in [3.63, 3.8) is 0 Å². The van der Waals surface area contributed by atoms with Crippen LogP contribution in [0.4, 0.5) is 0 Å². The third-order valence-corrected chi connectivity index (χ3v) is 4.32. The van der Waals surface area contributed by atoms with Crippen molar-refractivity contribution in [3.8, 4) is 0 Å². The molecule has 0 saturated carbocycles. The van der Waals surface area contributed by atoms with Gasteiger partial charge in [0, 0.05) is 31.7 Å². The van der Waals surface area contributed by atoms with E-state index < -0.39 is 0 Å². The molecular formula is C19H23ClIN5. The van der Waals surface area contributed by atoms with Crippen molar-refractivity contribution < 1.29 is 0 Å². The van der Waals surface area contributed by atoms with Crippen LogP contribution >= 0.6 is 35.6 Å². The van der Waals surface area contributed by atoms with Crippen LogP contribution in [0.3, 0.4) is 0 Å². The normalized spacial score (nSPS) is 11.3. The maximum atomic E-state index is 5.91. The molecule has 0 amide bonds. The summed E-state index contributed by atoms with van der Waals surface area (Å²) in [5.41, 5.74) is 3.35. The zero-order chi connectivity index (χ0) is 17.6. The van der Waals surface area contributed by atoms with Crippen molar-refractivity contribution in [2.45, 2.75) is 20.0 Å². The zero-order valence-corrected chi connectivity index (χ0v) is 18.0. The quantitative estimate of drug-likeness (QED) is 0.328. The van der Waals surface area contributed by atoms with E-state index in [-0.39, 0.29) is 24.0 Å². The van der Waals surface area contributed by atoms with Crippen molar-refractivity contribution in [2.24, 2.45) is 4.99 Å². The first-order valence-corrected chi connectivity index (χ1v) is 8.66. The molecule has 0 saturated heterocycles. The molecule has 0 aliphatic carbocycles. The van der Waals surface area contributed by atoms with Gasteiger partial charge in [0.2, 0.25) is 0 Å².